The molecule has 0 atom stereocenters. The van der Waals surface area contributed by atoms with Gasteiger partial charge in [-0.15, -0.1) is 0 Å². The zero-order chi connectivity index (χ0) is 12.7. The predicted molar refractivity (Wildman–Crippen MR) is 66.3 cm³/mol. The van der Waals surface area contributed by atoms with Gasteiger partial charge in [0.25, 0.3) is 0 Å². The molecule has 3 nitrogen and oxygen atoms in total. The number of hydrogen-bond donors (Lipinski definition) is 2. The van der Waals surface area contributed by atoms with Crippen LogP contribution in [0.3, 0.4) is 0 Å². The first-order valence-electron chi connectivity index (χ1n) is 5.11. The van der Waals surface area contributed by atoms with Gasteiger partial charge in [0.1, 0.15) is 17.8 Å². The fraction of sp³-hybridized carbons (Fsp3) is 0.0714. The largest absolute Gasteiger partial charge is 0.508 e. The summed E-state index contributed by atoms with van der Waals surface area (Å²) in [4.78, 5) is 10.0. The van der Waals surface area contributed by atoms with E-state index in [1.807, 2.05) is 19.1 Å². The molecule has 0 heterocycles. The Morgan fingerprint density at radius 2 is 1.24 bits per heavy atom. The average Bonchev–Trinajstić information content (AvgIpc) is 2.35. The van der Waals surface area contributed by atoms with Crippen molar-refractivity contribution in [2.24, 2.45) is 0 Å². The molecule has 3 heteroatoms. The van der Waals surface area contributed by atoms with Gasteiger partial charge in [0.05, 0.1) is 0 Å². The Bertz CT molecular complexity index is 437. The van der Waals surface area contributed by atoms with Gasteiger partial charge < -0.3 is 10.2 Å². The van der Waals surface area contributed by atoms with Crippen LogP contribution >= 0.6 is 0 Å². The van der Waals surface area contributed by atoms with Crippen LogP contribution < -0.4 is 0 Å². The third kappa shape index (κ3) is 4.84. The third-order valence-electron chi connectivity index (χ3n) is 2.06. The fourth-order valence-corrected chi connectivity index (χ4v) is 1.10. The second-order valence-electron chi connectivity index (χ2n) is 3.54. The Balaban J connectivity index is 0.000000171. The SMILES string of the molecule is Cc1ccc(O)cc1.O=Cc1ccc(O)cc1. The van der Waals surface area contributed by atoms with E-state index < -0.39 is 0 Å². The maximum atomic E-state index is 10.0. The molecule has 2 rings (SSSR count). The van der Waals surface area contributed by atoms with Gasteiger partial charge in [-0.2, -0.15) is 0 Å². The molecule has 0 aliphatic carbocycles. The molecule has 0 aliphatic rings. The second-order valence-corrected chi connectivity index (χ2v) is 3.54. The molecule has 0 radical (unpaired) electrons. The lowest BCUT2D eigenvalue weighted by Crippen LogP contribution is -1.74. The fourth-order valence-electron chi connectivity index (χ4n) is 1.10. The van der Waals surface area contributed by atoms with Crippen molar-refractivity contribution in [1.82, 2.24) is 0 Å². The summed E-state index contributed by atoms with van der Waals surface area (Å²) in [5.41, 5.74) is 1.75. The number of aromatic hydroxyl groups is 2. The molecule has 0 unspecified atom stereocenters. The molecule has 0 saturated heterocycles. The lowest BCUT2D eigenvalue weighted by Gasteiger charge is -1.89. The first-order chi connectivity index (χ1) is 8.11. The van der Waals surface area contributed by atoms with Crippen LogP contribution in [0, 0.1) is 6.92 Å². The minimum absolute atomic E-state index is 0.181. The molecule has 0 bridgehead atoms. The summed E-state index contributed by atoms with van der Waals surface area (Å²) >= 11 is 0. The van der Waals surface area contributed by atoms with Crippen molar-refractivity contribution in [2.45, 2.75) is 6.92 Å². The van der Waals surface area contributed by atoms with E-state index in [0.29, 0.717) is 11.3 Å². The number of aldehydes is 1. The van der Waals surface area contributed by atoms with Gasteiger partial charge in [-0.25, -0.2) is 0 Å². The number of rotatable bonds is 1. The Morgan fingerprint density at radius 3 is 1.59 bits per heavy atom. The molecule has 17 heavy (non-hydrogen) atoms. The molecule has 0 saturated carbocycles. The summed E-state index contributed by atoms with van der Waals surface area (Å²) in [6.07, 6.45) is 0.736. The van der Waals surface area contributed by atoms with Crippen LogP contribution in [0.2, 0.25) is 0 Å². The van der Waals surface area contributed by atoms with Crippen molar-refractivity contribution in [1.29, 1.82) is 0 Å². The van der Waals surface area contributed by atoms with Crippen LogP contribution in [0.5, 0.6) is 11.5 Å². The molecule has 2 N–H and O–H groups in total. The van der Waals surface area contributed by atoms with Crippen LogP contribution in [0.1, 0.15) is 15.9 Å². The molecule has 0 aromatic heterocycles. The summed E-state index contributed by atoms with van der Waals surface area (Å²) in [7, 11) is 0. The van der Waals surface area contributed by atoms with Crippen molar-refractivity contribution in [3.05, 3.63) is 59.7 Å². The van der Waals surface area contributed by atoms with Gasteiger partial charge in [-0.3, -0.25) is 4.79 Å². The van der Waals surface area contributed by atoms with Gasteiger partial charge in [-0.05, 0) is 43.3 Å². The van der Waals surface area contributed by atoms with E-state index in [2.05, 4.69) is 0 Å². The Hall–Kier alpha value is -2.29. The molecule has 88 valence electrons. The average molecular weight is 230 g/mol. The van der Waals surface area contributed by atoms with Crippen molar-refractivity contribution in [3.63, 3.8) is 0 Å². The minimum Gasteiger partial charge on any atom is -0.508 e. The quantitative estimate of drug-likeness (QED) is 0.740. The van der Waals surface area contributed by atoms with Crippen molar-refractivity contribution in [2.75, 3.05) is 0 Å². The van der Waals surface area contributed by atoms with Gasteiger partial charge in [0.15, 0.2) is 0 Å². The van der Waals surface area contributed by atoms with Crippen molar-refractivity contribution in [3.8, 4) is 11.5 Å². The zero-order valence-corrected chi connectivity index (χ0v) is 9.50. The number of benzene rings is 2. The highest BCUT2D eigenvalue weighted by Gasteiger charge is 1.87. The lowest BCUT2D eigenvalue weighted by molar-refractivity contribution is 0.112. The van der Waals surface area contributed by atoms with E-state index in [0.717, 1.165) is 6.29 Å². The number of aryl methyl sites for hydroxylation is 1. The number of hydrogen-bond acceptors (Lipinski definition) is 3. The highest BCUT2D eigenvalue weighted by molar-refractivity contribution is 5.74. The molecule has 0 spiro atoms. The van der Waals surface area contributed by atoms with E-state index in [4.69, 9.17) is 10.2 Å². The Morgan fingerprint density at radius 1 is 0.824 bits per heavy atom. The maximum absolute atomic E-state index is 10.0. The number of carbonyl (C=O) groups is 1. The zero-order valence-electron chi connectivity index (χ0n) is 9.50. The topological polar surface area (TPSA) is 57.5 Å². The van der Waals surface area contributed by atoms with E-state index in [9.17, 15) is 4.79 Å². The lowest BCUT2D eigenvalue weighted by atomic mass is 10.2. The van der Waals surface area contributed by atoms with Gasteiger partial charge in [0.2, 0.25) is 0 Å². The highest BCUT2D eigenvalue weighted by atomic mass is 16.3. The van der Waals surface area contributed by atoms with Crippen LogP contribution in [0.25, 0.3) is 0 Å². The monoisotopic (exact) mass is 230 g/mol. The molecule has 0 fully saturated rings. The second kappa shape index (κ2) is 6.33. The predicted octanol–water partition coefficient (Wildman–Crippen LogP) is 2.91. The van der Waals surface area contributed by atoms with E-state index in [1.54, 1.807) is 24.3 Å². The highest BCUT2D eigenvalue weighted by Crippen LogP contribution is 2.07. The first-order valence-corrected chi connectivity index (χ1v) is 5.11. The molecule has 0 amide bonds. The minimum atomic E-state index is 0.181. The van der Waals surface area contributed by atoms with Crippen LogP contribution in [-0.4, -0.2) is 16.5 Å². The summed E-state index contributed by atoms with van der Waals surface area (Å²) in [6.45, 7) is 1.99. The molecular weight excluding hydrogens is 216 g/mol. The van der Waals surface area contributed by atoms with E-state index in [-0.39, 0.29) is 5.75 Å². The summed E-state index contributed by atoms with van der Waals surface area (Å²) in [5, 5.41) is 17.5. The van der Waals surface area contributed by atoms with Crippen molar-refractivity contribution < 1.29 is 15.0 Å². The van der Waals surface area contributed by atoms with Gasteiger partial charge in [0, 0.05) is 5.56 Å². The van der Waals surface area contributed by atoms with Crippen LogP contribution in [0.4, 0.5) is 0 Å². The smallest absolute Gasteiger partial charge is 0.150 e. The third-order valence-corrected chi connectivity index (χ3v) is 2.06. The van der Waals surface area contributed by atoms with Gasteiger partial charge in [-0.1, -0.05) is 17.7 Å². The van der Waals surface area contributed by atoms with E-state index in [1.165, 1.54) is 17.7 Å². The normalized spacial score (nSPS) is 9.00. The first kappa shape index (κ1) is 12.8. The number of carbonyl (C=O) groups excluding carboxylic acids is 1. The maximum Gasteiger partial charge on any atom is 0.150 e. The molecule has 2 aromatic carbocycles. The molecule has 0 aliphatic heterocycles. The van der Waals surface area contributed by atoms with Crippen LogP contribution in [0.15, 0.2) is 48.5 Å². The summed E-state index contributed by atoms with van der Waals surface area (Å²) in [6, 6.07) is 13.2. The Kier molecular flexibility index (Phi) is 4.76. The summed E-state index contributed by atoms with van der Waals surface area (Å²) < 4.78 is 0. The van der Waals surface area contributed by atoms with Crippen LogP contribution in [-0.2, 0) is 0 Å². The van der Waals surface area contributed by atoms with Gasteiger partial charge >= 0.3 is 0 Å². The Labute approximate surface area is 100.0 Å². The number of phenols is 2. The van der Waals surface area contributed by atoms with Crippen molar-refractivity contribution >= 4 is 6.29 Å². The van der Waals surface area contributed by atoms with E-state index >= 15 is 0 Å². The number of phenolic OH excluding ortho intramolecular Hbond substituents is 2. The molecule has 2 aromatic rings. The standard InChI is InChI=1S/C7H6O2.C7H8O/c8-5-6-1-3-7(9)4-2-6;1-6-2-4-7(8)5-3-6/h1-5,9H;2-5,8H,1H3. The summed E-state index contributed by atoms with van der Waals surface area (Å²) in [5.74, 6) is 0.510. The molecular formula is C14H14O3.